The molecule has 2 aromatic rings. The van der Waals surface area contributed by atoms with E-state index in [4.69, 9.17) is 15.5 Å². The van der Waals surface area contributed by atoms with Crippen LogP contribution in [0.1, 0.15) is 78.7 Å². The molecule has 9 heteroatoms. The van der Waals surface area contributed by atoms with Crippen LogP contribution in [-0.2, 0) is 11.2 Å². The van der Waals surface area contributed by atoms with Crippen molar-refractivity contribution >= 4 is 17.8 Å². The molecule has 0 bridgehead atoms. The number of rotatable bonds is 5. The van der Waals surface area contributed by atoms with E-state index in [0.717, 1.165) is 18.4 Å². The normalized spacial score (nSPS) is 24.4. The molecule has 3 atom stereocenters. The lowest BCUT2D eigenvalue weighted by Crippen LogP contribution is -2.53. The van der Waals surface area contributed by atoms with E-state index in [9.17, 15) is 19.1 Å². The Morgan fingerprint density at radius 2 is 2.03 bits per heavy atom. The van der Waals surface area contributed by atoms with Crippen LogP contribution in [0.4, 0.5) is 4.39 Å². The van der Waals surface area contributed by atoms with Gasteiger partial charge in [-0.3, -0.25) is 14.5 Å². The highest BCUT2D eigenvalue weighted by molar-refractivity contribution is 6.00. The number of nitrogens with two attached hydrogens (primary N) is 1. The number of nitrogens with one attached hydrogen (secondary N) is 1. The summed E-state index contributed by atoms with van der Waals surface area (Å²) in [4.78, 5) is 32.7. The Morgan fingerprint density at radius 1 is 1.25 bits per heavy atom. The zero-order valence-corrected chi connectivity index (χ0v) is 20.5. The van der Waals surface area contributed by atoms with E-state index in [1.54, 1.807) is 24.3 Å². The number of amides is 2. The predicted octanol–water partition coefficient (Wildman–Crippen LogP) is 3.14. The number of carbonyl (C=O) groups is 2. The lowest BCUT2D eigenvalue weighted by atomic mass is 9.87. The van der Waals surface area contributed by atoms with Gasteiger partial charge in [0.1, 0.15) is 11.6 Å². The molecular weight excluding hydrogens is 463 g/mol. The van der Waals surface area contributed by atoms with Gasteiger partial charge in [-0.1, -0.05) is 19.9 Å². The fraction of sp³-hybridized carbons (Fsp3) is 0.444. The van der Waals surface area contributed by atoms with Crippen LogP contribution in [0.25, 0.3) is 0 Å². The summed E-state index contributed by atoms with van der Waals surface area (Å²) in [6.07, 6.45) is 1.73. The lowest BCUT2D eigenvalue weighted by Gasteiger charge is -2.41. The van der Waals surface area contributed by atoms with Gasteiger partial charge in [0.05, 0.1) is 36.8 Å². The molecule has 0 fully saturated rings. The second-order valence-corrected chi connectivity index (χ2v) is 9.81. The van der Waals surface area contributed by atoms with Crippen LogP contribution in [0.5, 0.6) is 5.75 Å². The summed E-state index contributed by atoms with van der Waals surface area (Å²) in [5.41, 5.74) is 8.27. The maximum absolute atomic E-state index is 13.8. The van der Waals surface area contributed by atoms with Gasteiger partial charge in [0.15, 0.2) is 5.96 Å². The SMILES string of the molecule is CCC1(CC)CC(=O)N([C@@H]2CCOc3ccc(C(=O)N[C@H]4c5cc(F)ccc5C[C@@H]4O)cc32)C(N)=N1. The summed E-state index contributed by atoms with van der Waals surface area (Å²) in [5, 5.41) is 13.4. The molecule has 2 aromatic carbocycles. The number of carbonyl (C=O) groups excluding carboxylic acids is 2. The topological polar surface area (TPSA) is 117 Å². The van der Waals surface area contributed by atoms with Gasteiger partial charge in [0, 0.05) is 24.0 Å². The van der Waals surface area contributed by atoms with E-state index in [0.29, 0.717) is 41.9 Å². The summed E-state index contributed by atoms with van der Waals surface area (Å²) < 4.78 is 19.6. The van der Waals surface area contributed by atoms with Gasteiger partial charge in [0.2, 0.25) is 5.91 Å². The van der Waals surface area contributed by atoms with Crippen LogP contribution in [-0.4, -0.2) is 46.0 Å². The largest absolute Gasteiger partial charge is 0.493 e. The second kappa shape index (κ2) is 9.20. The summed E-state index contributed by atoms with van der Waals surface area (Å²) in [6.45, 7) is 4.42. The van der Waals surface area contributed by atoms with Crippen molar-refractivity contribution in [2.75, 3.05) is 6.61 Å². The number of ether oxygens (including phenoxy) is 1. The van der Waals surface area contributed by atoms with Crippen LogP contribution in [0.2, 0.25) is 0 Å². The molecule has 2 heterocycles. The first-order chi connectivity index (χ1) is 17.2. The van der Waals surface area contributed by atoms with Gasteiger partial charge in [-0.2, -0.15) is 0 Å². The van der Waals surface area contributed by atoms with E-state index in [1.165, 1.54) is 17.0 Å². The molecule has 36 heavy (non-hydrogen) atoms. The maximum Gasteiger partial charge on any atom is 0.251 e. The quantitative estimate of drug-likeness (QED) is 0.590. The number of aliphatic hydroxyl groups excluding tert-OH is 1. The van der Waals surface area contributed by atoms with Gasteiger partial charge in [-0.15, -0.1) is 0 Å². The fourth-order valence-electron chi connectivity index (χ4n) is 5.60. The highest BCUT2D eigenvalue weighted by atomic mass is 19.1. The van der Waals surface area contributed by atoms with Crippen molar-refractivity contribution < 1.29 is 23.8 Å². The Hall–Kier alpha value is -3.46. The molecule has 1 aliphatic carbocycles. The van der Waals surface area contributed by atoms with Crippen LogP contribution in [0, 0.1) is 5.82 Å². The van der Waals surface area contributed by atoms with E-state index < -0.39 is 35.5 Å². The zero-order valence-electron chi connectivity index (χ0n) is 20.5. The number of aliphatic hydroxyl groups is 1. The minimum atomic E-state index is -0.848. The highest BCUT2D eigenvalue weighted by Gasteiger charge is 2.42. The first kappa shape index (κ1) is 24.2. The lowest BCUT2D eigenvalue weighted by molar-refractivity contribution is -0.132. The highest BCUT2D eigenvalue weighted by Crippen LogP contribution is 2.40. The summed E-state index contributed by atoms with van der Waals surface area (Å²) in [6, 6.07) is 8.26. The molecule has 8 nitrogen and oxygen atoms in total. The molecule has 0 spiro atoms. The Bertz CT molecular complexity index is 1240. The van der Waals surface area contributed by atoms with E-state index in [2.05, 4.69) is 5.32 Å². The third-order valence-corrected chi connectivity index (χ3v) is 7.80. The average molecular weight is 495 g/mol. The number of fused-ring (bicyclic) bond motifs is 2. The summed E-state index contributed by atoms with van der Waals surface area (Å²) in [7, 11) is 0. The van der Waals surface area contributed by atoms with Crippen molar-refractivity contribution in [2.45, 2.75) is 69.7 Å². The van der Waals surface area contributed by atoms with Gasteiger partial charge in [-0.25, -0.2) is 9.38 Å². The van der Waals surface area contributed by atoms with Crippen molar-refractivity contribution in [1.29, 1.82) is 0 Å². The first-order valence-electron chi connectivity index (χ1n) is 12.5. The van der Waals surface area contributed by atoms with Gasteiger partial charge < -0.3 is 20.9 Å². The van der Waals surface area contributed by atoms with Crippen molar-refractivity contribution in [3.05, 3.63) is 64.5 Å². The molecule has 190 valence electrons. The molecule has 2 aliphatic heterocycles. The van der Waals surface area contributed by atoms with E-state index in [1.807, 2.05) is 13.8 Å². The maximum atomic E-state index is 13.8. The summed E-state index contributed by atoms with van der Waals surface area (Å²) in [5.74, 6) is -0.149. The Labute approximate surface area is 209 Å². The Balaban J connectivity index is 1.43. The molecular formula is C27H31FN4O4. The van der Waals surface area contributed by atoms with E-state index in [-0.39, 0.29) is 18.3 Å². The molecule has 5 rings (SSSR count). The van der Waals surface area contributed by atoms with Gasteiger partial charge in [0.25, 0.3) is 5.91 Å². The fourth-order valence-corrected chi connectivity index (χ4v) is 5.60. The van der Waals surface area contributed by atoms with Crippen molar-refractivity contribution in [1.82, 2.24) is 10.2 Å². The Morgan fingerprint density at radius 3 is 2.75 bits per heavy atom. The van der Waals surface area contributed by atoms with Crippen LogP contribution < -0.4 is 15.8 Å². The van der Waals surface area contributed by atoms with Crippen LogP contribution >= 0.6 is 0 Å². The predicted molar refractivity (Wildman–Crippen MR) is 132 cm³/mol. The number of hydrogen-bond acceptors (Lipinski definition) is 6. The number of benzene rings is 2. The molecule has 0 aromatic heterocycles. The number of hydrogen-bond donors (Lipinski definition) is 3. The third-order valence-electron chi connectivity index (χ3n) is 7.80. The smallest absolute Gasteiger partial charge is 0.251 e. The number of nitrogens with zero attached hydrogens (tertiary/aromatic N) is 2. The molecule has 4 N–H and O–H groups in total. The molecule has 0 saturated carbocycles. The van der Waals surface area contributed by atoms with E-state index >= 15 is 0 Å². The van der Waals surface area contributed by atoms with Crippen molar-refractivity contribution in [3.8, 4) is 5.75 Å². The minimum Gasteiger partial charge on any atom is -0.493 e. The molecule has 0 unspecified atom stereocenters. The monoisotopic (exact) mass is 494 g/mol. The third kappa shape index (κ3) is 4.11. The van der Waals surface area contributed by atoms with Crippen molar-refractivity contribution in [2.24, 2.45) is 10.7 Å². The minimum absolute atomic E-state index is 0.0911. The Kier molecular flexibility index (Phi) is 6.20. The number of aliphatic imine (C=N–C) groups is 1. The molecule has 2 amide bonds. The average Bonchev–Trinajstić information content (AvgIpc) is 3.17. The summed E-state index contributed by atoms with van der Waals surface area (Å²) >= 11 is 0. The number of guanidine groups is 1. The van der Waals surface area contributed by atoms with Crippen molar-refractivity contribution in [3.63, 3.8) is 0 Å². The molecule has 0 saturated heterocycles. The standard InChI is InChI=1S/C27H31FN4O4/c1-3-27(4-2)14-23(34)32(26(29)31-27)20-9-10-36-22-8-6-16(11-19(20)22)25(35)30-24-18-13-17(28)7-5-15(18)12-21(24)33/h5-8,11,13,20-21,24,33H,3-4,9-10,12,14H2,1-2H3,(H2,29,31)(H,30,35)/t20-,21+,24+/m1/s1. The number of halogens is 1. The van der Waals surface area contributed by atoms with Gasteiger partial charge >= 0.3 is 0 Å². The molecule has 3 aliphatic rings. The van der Waals surface area contributed by atoms with Crippen LogP contribution in [0.3, 0.4) is 0 Å². The zero-order chi connectivity index (χ0) is 25.6. The van der Waals surface area contributed by atoms with Gasteiger partial charge in [-0.05, 0) is 54.3 Å². The van der Waals surface area contributed by atoms with Crippen LogP contribution in [0.15, 0.2) is 41.4 Å². The molecule has 0 radical (unpaired) electrons. The second-order valence-electron chi connectivity index (χ2n) is 9.81. The first-order valence-corrected chi connectivity index (χ1v) is 12.5.